The molecule has 0 aliphatic heterocycles. The van der Waals surface area contributed by atoms with E-state index in [9.17, 15) is 9.59 Å². The predicted molar refractivity (Wildman–Crippen MR) is 116 cm³/mol. The summed E-state index contributed by atoms with van der Waals surface area (Å²) in [5.74, 6) is -0.980. The molecule has 0 fully saturated rings. The second kappa shape index (κ2) is 17.0. The maximum atomic E-state index is 12.1. The van der Waals surface area contributed by atoms with Gasteiger partial charge >= 0.3 is 11.9 Å². The van der Waals surface area contributed by atoms with E-state index in [-0.39, 0.29) is 11.4 Å². The molecule has 0 amide bonds. The van der Waals surface area contributed by atoms with Gasteiger partial charge in [-0.05, 0) is 25.0 Å². The third-order valence-corrected chi connectivity index (χ3v) is 4.88. The molecule has 0 aliphatic rings. The van der Waals surface area contributed by atoms with Crippen LogP contribution in [-0.2, 0) is 9.47 Å². The van der Waals surface area contributed by atoms with Crippen LogP contribution in [0.5, 0.6) is 0 Å². The number of rotatable bonds is 17. The zero-order chi connectivity index (χ0) is 21.2. The summed E-state index contributed by atoms with van der Waals surface area (Å²) >= 11 is 0. The average molecular weight is 406 g/mol. The van der Waals surface area contributed by atoms with Gasteiger partial charge in [-0.2, -0.15) is 0 Å². The summed E-state index contributed by atoms with van der Waals surface area (Å²) in [4.78, 5) is 28.2. The Labute approximate surface area is 176 Å². The van der Waals surface area contributed by atoms with Crippen LogP contribution < -0.4 is 0 Å². The maximum Gasteiger partial charge on any atom is 0.356 e. The van der Waals surface area contributed by atoms with E-state index in [1.54, 1.807) is 18.2 Å². The van der Waals surface area contributed by atoms with E-state index in [2.05, 4.69) is 18.8 Å². The van der Waals surface area contributed by atoms with Crippen molar-refractivity contribution in [2.45, 2.75) is 97.3 Å². The number of pyridine rings is 1. The fourth-order valence-corrected chi connectivity index (χ4v) is 3.08. The molecule has 1 rings (SSSR count). The van der Waals surface area contributed by atoms with E-state index in [0.29, 0.717) is 13.2 Å². The zero-order valence-electron chi connectivity index (χ0n) is 18.4. The average Bonchev–Trinajstić information content (AvgIpc) is 2.75. The van der Waals surface area contributed by atoms with Gasteiger partial charge < -0.3 is 9.47 Å². The first-order valence-electron chi connectivity index (χ1n) is 11.5. The van der Waals surface area contributed by atoms with Gasteiger partial charge in [0.1, 0.15) is 11.4 Å². The van der Waals surface area contributed by atoms with Gasteiger partial charge in [0.05, 0.1) is 13.2 Å². The third kappa shape index (κ3) is 12.3. The molecular weight excluding hydrogens is 366 g/mol. The molecule has 0 aromatic carbocycles. The van der Waals surface area contributed by atoms with Crippen molar-refractivity contribution in [3.05, 3.63) is 29.6 Å². The van der Waals surface area contributed by atoms with Crippen LogP contribution in [0.25, 0.3) is 0 Å². The highest BCUT2D eigenvalue weighted by atomic mass is 16.5. The van der Waals surface area contributed by atoms with Gasteiger partial charge in [0.25, 0.3) is 0 Å². The van der Waals surface area contributed by atoms with Gasteiger partial charge in [-0.3, -0.25) is 0 Å². The van der Waals surface area contributed by atoms with Crippen LogP contribution in [0.1, 0.15) is 118 Å². The molecule has 5 heteroatoms. The van der Waals surface area contributed by atoms with E-state index >= 15 is 0 Å². The fraction of sp³-hybridized carbons (Fsp3) is 0.708. The number of carbonyl (C=O) groups excluding carboxylic acids is 2. The van der Waals surface area contributed by atoms with Crippen molar-refractivity contribution in [2.75, 3.05) is 13.2 Å². The number of hydrogen-bond acceptors (Lipinski definition) is 5. The first-order valence-corrected chi connectivity index (χ1v) is 11.5. The molecule has 1 aromatic rings. The number of esters is 2. The van der Waals surface area contributed by atoms with Crippen LogP contribution in [0.2, 0.25) is 0 Å². The topological polar surface area (TPSA) is 65.5 Å². The minimum Gasteiger partial charge on any atom is -0.461 e. The Balaban J connectivity index is 2.17. The normalized spacial score (nSPS) is 10.7. The Kier molecular flexibility index (Phi) is 14.7. The van der Waals surface area contributed by atoms with Gasteiger partial charge in [0.15, 0.2) is 0 Å². The molecule has 0 atom stereocenters. The quantitative estimate of drug-likeness (QED) is 0.218. The summed E-state index contributed by atoms with van der Waals surface area (Å²) in [7, 11) is 0. The molecule has 0 saturated heterocycles. The van der Waals surface area contributed by atoms with Crippen molar-refractivity contribution in [2.24, 2.45) is 0 Å². The van der Waals surface area contributed by atoms with Gasteiger partial charge in [-0.1, -0.05) is 90.5 Å². The zero-order valence-corrected chi connectivity index (χ0v) is 18.4. The minimum atomic E-state index is -0.495. The van der Waals surface area contributed by atoms with Crippen LogP contribution >= 0.6 is 0 Å². The molecule has 0 N–H and O–H groups in total. The third-order valence-electron chi connectivity index (χ3n) is 4.88. The molecule has 0 bridgehead atoms. The summed E-state index contributed by atoms with van der Waals surface area (Å²) in [5, 5.41) is 0. The molecule has 1 heterocycles. The van der Waals surface area contributed by atoms with Crippen molar-refractivity contribution < 1.29 is 19.1 Å². The van der Waals surface area contributed by atoms with Gasteiger partial charge in [0, 0.05) is 0 Å². The Morgan fingerprint density at radius 3 is 1.52 bits per heavy atom. The SMILES string of the molecule is CCCCCCCCCCCCOC(=O)c1cccc(C(=O)OCCCCC)n1. The van der Waals surface area contributed by atoms with Crippen LogP contribution in [0, 0.1) is 0 Å². The highest BCUT2D eigenvalue weighted by Gasteiger charge is 2.14. The van der Waals surface area contributed by atoms with Crippen molar-refractivity contribution >= 4 is 11.9 Å². The van der Waals surface area contributed by atoms with E-state index in [1.165, 1.54) is 51.4 Å². The predicted octanol–water partition coefficient (Wildman–Crippen LogP) is 6.51. The summed E-state index contributed by atoms with van der Waals surface area (Å²) in [6, 6.07) is 4.75. The Morgan fingerprint density at radius 2 is 1.03 bits per heavy atom. The van der Waals surface area contributed by atoms with Crippen LogP contribution in [0.3, 0.4) is 0 Å². The smallest absolute Gasteiger partial charge is 0.356 e. The molecular formula is C24H39NO4. The van der Waals surface area contributed by atoms with Crippen molar-refractivity contribution in [1.29, 1.82) is 0 Å². The van der Waals surface area contributed by atoms with Crippen molar-refractivity contribution in [1.82, 2.24) is 4.98 Å². The first-order chi connectivity index (χ1) is 14.2. The molecule has 0 spiro atoms. The fourth-order valence-electron chi connectivity index (χ4n) is 3.08. The molecule has 164 valence electrons. The Morgan fingerprint density at radius 1 is 0.655 bits per heavy atom. The summed E-state index contributed by atoms with van der Waals surface area (Å²) in [6.07, 6.45) is 15.3. The largest absolute Gasteiger partial charge is 0.461 e. The van der Waals surface area contributed by atoms with Crippen molar-refractivity contribution in [3.63, 3.8) is 0 Å². The summed E-state index contributed by atoms with van der Waals surface area (Å²) in [5.41, 5.74) is 0.301. The molecule has 0 unspecified atom stereocenters. The second-order valence-electron chi connectivity index (χ2n) is 7.57. The summed E-state index contributed by atoms with van der Waals surface area (Å²) < 4.78 is 10.5. The first kappa shape index (κ1) is 25.1. The Bertz CT molecular complexity index is 574. The van der Waals surface area contributed by atoms with E-state index in [0.717, 1.165) is 32.1 Å². The molecule has 0 saturated carbocycles. The number of hydrogen-bond donors (Lipinski definition) is 0. The standard InChI is InChI=1S/C24H39NO4/c1-3-5-7-8-9-10-11-12-13-15-20-29-24(27)22-18-16-17-21(25-22)23(26)28-19-14-6-4-2/h16-18H,3-15,19-20H2,1-2H3. The number of ether oxygens (including phenoxy) is 2. The number of aromatic nitrogens is 1. The van der Waals surface area contributed by atoms with Crippen LogP contribution in [0.4, 0.5) is 0 Å². The van der Waals surface area contributed by atoms with Gasteiger partial charge in [-0.25, -0.2) is 14.6 Å². The lowest BCUT2D eigenvalue weighted by molar-refractivity contribution is 0.0482. The van der Waals surface area contributed by atoms with E-state index < -0.39 is 11.9 Å². The van der Waals surface area contributed by atoms with Gasteiger partial charge in [0.2, 0.25) is 0 Å². The molecule has 0 radical (unpaired) electrons. The van der Waals surface area contributed by atoms with E-state index in [4.69, 9.17) is 9.47 Å². The van der Waals surface area contributed by atoms with Crippen LogP contribution in [0.15, 0.2) is 18.2 Å². The second-order valence-corrected chi connectivity index (χ2v) is 7.57. The lowest BCUT2D eigenvalue weighted by Crippen LogP contribution is -2.13. The lowest BCUT2D eigenvalue weighted by Gasteiger charge is -2.07. The maximum absolute atomic E-state index is 12.1. The van der Waals surface area contributed by atoms with Crippen molar-refractivity contribution in [3.8, 4) is 0 Å². The molecule has 29 heavy (non-hydrogen) atoms. The van der Waals surface area contributed by atoms with Crippen LogP contribution in [-0.4, -0.2) is 30.1 Å². The highest BCUT2D eigenvalue weighted by Crippen LogP contribution is 2.11. The lowest BCUT2D eigenvalue weighted by atomic mass is 10.1. The number of carbonyl (C=O) groups is 2. The highest BCUT2D eigenvalue weighted by molar-refractivity contribution is 5.91. The molecule has 0 aliphatic carbocycles. The molecule has 1 aromatic heterocycles. The molecule has 5 nitrogen and oxygen atoms in total. The minimum absolute atomic E-state index is 0.148. The Hall–Kier alpha value is -1.91. The number of nitrogens with zero attached hydrogens (tertiary/aromatic N) is 1. The van der Waals surface area contributed by atoms with E-state index in [1.807, 2.05) is 0 Å². The monoisotopic (exact) mass is 405 g/mol. The number of unbranched alkanes of at least 4 members (excludes halogenated alkanes) is 11. The van der Waals surface area contributed by atoms with Gasteiger partial charge in [-0.15, -0.1) is 0 Å². The summed E-state index contributed by atoms with van der Waals surface area (Å²) in [6.45, 7) is 5.10.